The number of rotatable bonds is 2. The molecule has 2 aromatic rings. The number of piperazine rings is 1. The number of nitrogens with zero attached hydrogens (tertiary/aromatic N) is 5. The molecule has 0 spiro atoms. The molecule has 1 fully saturated rings. The van der Waals surface area contributed by atoms with Crippen LogP contribution in [-0.2, 0) is 11.6 Å². The van der Waals surface area contributed by atoms with E-state index in [1.807, 2.05) is 4.90 Å². The average molecular weight is 371 g/mol. The van der Waals surface area contributed by atoms with Crippen LogP contribution < -0.4 is 9.80 Å². The van der Waals surface area contributed by atoms with Crippen molar-refractivity contribution in [3.63, 3.8) is 0 Å². The standard InChI is InChI=1S/C16H20F3N5S/c1-15(2,3)13-21-22-14(25-13)24-8-6-23(7-9-24)12-5-4-11(10-20-12)16(17,18)19/h4-5,10H,6-9H2,1-3H3. The van der Waals surface area contributed by atoms with E-state index in [4.69, 9.17) is 0 Å². The molecule has 136 valence electrons. The van der Waals surface area contributed by atoms with E-state index in [0.717, 1.165) is 35.5 Å². The molecule has 2 aromatic heterocycles. The smallest absolute Gasteiger partial charge is 0.353 e. The second-order valence-corrected chi connectivity index (χ2v) is 7.97. The van der Waals surface area contributed by atoms with Crippen molar-refractivity contribution in [3.05, 3.63) is 28.9 Å². The summed E-state index contributed by atoms with van der Waals surface area (Å²) in [6.07, 6.45) is -3.46. The van der Waals surface area contributed by atoms with Crippen LogP contribution in [0.1, 0.15) is 31.3 Å². The predicted octanol–water partition coefficient (Wildman–Crippen LogP) is 3.58. The summed E-state index contributed by atoms with van der Waals surface area (Å²) in [5.74, 6) is 0.570. The zero-order chi connectivity index (χ0) is 18.2. The Labute approximate surface area is 148 Å². The van der Waals surface area contributed by atoms with Crippen LogP contribution >= 0.6 is 11.3 Å². The lowest BCUT2D eigenvalue weighted by Gasteiger charge is -2.35. The first-order valence-electron chi connectivity index (χ1n) is 8.02. The molecule has 0 unspecified atom stereocenters. The van der Waals surface area contributed by atoms with Gasteiger partial charge in [0.1, 0.15) is 10.8 Å². The van der Waals surface area contributed by atoms with Gasteiger partial charge in [0.05, 0.1) is 5.56 Å². The first-order valence-corrected chi connectivity index (χ1v) is 8.83. The summed E-state index contributed by atoms with van der Waals surface area (Å²) in [6, 6.07) is 2.51. The van der Waals surface area contributed by atoms with Crippen LogP contribution in [0.5, 0.6) is 0 Å². The monoisotopic (exact) mass is 371 g/mol. The number of aromatic nitrogens is 3. The Morgan fingerprint density at radius 1 is 0.960 bits per heavy atom. The van der Waals surface area contributed by atoms with Crippen LogP contribution in [0.3, 0.4) is 0 Å². The summed E-state index contributed by atoms with van der Waals surface area (Å²) >= 11 is 1.59. The Kier molecular flexibility index (Phi) is 4.61. The van der Waals surface area contributed by atoms with Crippen molar-refractivity contribution >= 4 is 22.3 Å². The van der Waals surface area contributed by atoms with E-state index < -0.39 is 11.7 Å². The molecule has 0 N–H and O–H groups in total. The zero-order valence-corrected chi connectivity index (χ0v) is 15.2. The maximum Gasteiger partial charge on any atom is 0.417 e. The largest absolute Gasteiger partial charge is 0.417 e. The minimum Gasteiger partial charge on any atom is -0.353 e. The van der Waals surface area contributed by atoms with E-state index in [0.29, 0.717) is 18.9 Å². The first kappa shape index (κ1) is 17.9. The normalized spacial score (nSPS) is 16.4. The van der Waals surface area contributed by atoms with Gasteiger partial charge in [0.15, 0.2) is 0 Å². The summed E-state index contributed by atoms with van der Waals surface area (Å²) in [5.41, 5.74) is -0.750. The molecule has 0 saturated carbocycles. The first-order chi connectivity index (χ1) is 11.6. The lowest BCUT2D eigenvalue weighted by atomic mass is 9.98. The Hall–Kier alpha value is -1.90. The van der Waals surface area contributed by atoms with Gasteiger partial charge in [-0.1, -0.05) is 32.1 Å². The number of alkyl halides is 3. The van der Waals surface area contributed by atoms with Crippen LogP contribution in [-0.4, -0.2) is 41.4 Å². The van der Waals surface area contributed by atoms with Gasteiger partial charge in [-0.3, -0.25) is 0 Å². The van der Waals surface area contributed by atoms with Crippen molar-refractivity contribution in [2.45, 2.75) is 32.4 Å². The van der Waals surface area contributed by atoms with E-state index in [9.17, 15) is 13.2 Å². The zero-order valence-electron chi connectivity index (χ0n) is 14.3. The van der Waals surface area contributed by atoms with E-state index in [1.54, 1.807) is 11.3 Å². The molecule has 3 heterocycles. The number of hydrogen-bond donors (Lipinski definition) is 0. The molecule has 0 radical (unpaired) electrons. The Morgan fingerprint density at radius 2 is 1.60 bits per heavy atom. The van der Waals surface area contributed by atoms with Crippen molar-refractivity contribution < 1.29 is 13.2 Å². The van der Waals surface area contributed by atoms with Gasteiger partial charge >= 0.3 is 6.18 Å². The molecule has 1 aliphatic heterocycles. The summed E-state index contributed by atoms with van der Waals surface area (Å²) < 4.78 is 37.8. The van der Waals surface area contributed by atoms with Gasteiger partial charge in [0.25, 0.3) is 0 Å². The van der Waals surface area contributed by atoms with Gasteiger partial charge in [-0.2, -0.15) is 13.2 Å². The summed E-state index contributed by atoms with van der Waals surface area (Å²) in [5, 5.41) is 10.4. The van der Waals surface area contributed by atoms with Gasteiger partial charge < -0.3 is 9.80 Å². The maximum atomic E-state index is 12.6. The fourth-order valence-corrected chi connectivity index (χ4v) is 3.47. The maximum absolute atomic E-state index is 12.6. The van der Waals surface area contributed by atoms with E-state index in [-0.39, 0.29) is 5.41 Å². The van der Waals surface area contributed by atoms with Crippen LogP contribution in [0.2, 0.25) is 0 Å². The molecule has 0 amide bonds. The summed E-state index contributed by atoms with van der Waals surface area (Å²) in [4.78, 5) is 8.11. The van der Waals surface area contributed by atoms with Crippen LogP contribution in [0, 0.1) is 0 Å². The predicted molar refractivity (Wildman–Crippen MR) is 92.3 cm³/mol. The SMILES string of the molecule is CC(C)(C)c1nnc(N2CCN(c3ccc(C(F)(F)F)cn3)CC2)s1. The molecule has 1 aliphatic rings. The van der Waals surface area contributed by atoms with Gasteiger partial charge in [-0.15, -0.1) is 10.2 Å². The molecule has 5 nitrogen and oxygen atoms in total. The summed E-state index contributed by atoms with van der Waals surface area (Å²) in [6.45, 7) is 9.15. The highest BCUT2D eigenvalue weighted by Gasteiger charge is 2.31. The topological polar surface area (TPSA) is 45.2 Å². The third kappa shape index (κ3) is 4.02. The van der Waals surface area contributed by atoms with Crippen molar-refractivity contribution in [2.24, 2.45) is 0 Å². The van der Waals surface area contributed by atoms with E-state index >= 15 is 0 Å². The third-order valence-corrected chi connectivity index (χ3v) is 5.42. The van der Waals surface area contributed by atoms with Crippen LogP contribution in [0.25, 0.3) is 0 Å². The van der Waals surface area contributed by atoms with Crippen molar-refractivity contribution in [2.75, 3.05) is 36.0 Å². The number of hydrogen-bond acceptors (Lipinski definition) is 6. The Bertz CT molecular complexity index is 713. The van der Waals surface area contributed by atoms with E-state index in [1.165, 1.54) is 6.07 Å². The lowest BCUT2D eigenvalue weighted by molar-refractivity contribution is -0.137. The fourth-order valence-electron chi connectivity index (χ4n) is 2.51. The fraction of sp³-hybridized carbons (Fsp3) is 0.562. The van der Waals surface area contributed by atoms with Crippen molar-refractivity contribution in [1.82, 2.24) is 15.2 Å². The highest BCUT2D eigenvalue weighted by molar-refractivity contribution is 7.15. The molecule has 3 rings (SSSR count). The second kappa shape index (κ2) is 6.44. The molecule has 0 bridgehead atoms. The number of halogens is 3. The second-order valence-electron chi connectivity index (χ2n) is 7.02. The quantitative estimate of drug-likeness (QED) is 0.808. The van der Waals surface area contributed by atoms with Crippen molar-refractivity contribution in [3.8, 4) is 0 Å². The minimum absolute atomic E-state index is 0.0259. The molecular weight excluding hydrogens is 351 g/mol. The lowest BCUT2D eigenvalue weighted by Crippen LogP contribution is -2.46. The molecule has 0 aromatic carbocycles. The van der Waals surface area contributed by atoms with Crippen LogP contribution in [0.4, 0.5) is 24.1 Å². The molecule has 1 saturated heterocycles. The Morgan fingerprint density at radius 3 is 2.08 bits per heavy atom. The molecule has 25 heavy (non-hydrogen) atoms. The van der Waals surface area contributed by atoms with Crippen LogP contribution in [0.15, 0.2) is 18.3 Å². The highest BCUT2D eigenvalue weighted by atomic mass is 32.1. The Balaban J connectivity index is 1.63. The average Bonchev–Trinajstić information content (AvgIpc) is 3.05. The number of pyridine rings is 1. The van der Waals surface area contributed by atoms with Crippen molar-refractivity contribution in [1.29, 1.82) is 0 Å². The van der Waals surface area contributed by atoms with E-state index in [2.05, 4.69) is 40.9 Å². The van der Waals surface area contributed by atoms with Gasteiger partial charge in [-0.25, -0.2) is 4.98 Å². The molecular formula is C16H20F3N5S. The van der Waals surface area contributed by atoms with Gasteiger partial charge in [-0.05, 0) is 12.1 Å². The van der Waals surface area contributed by atoms with Gasteiger partial charge in [0, 0.05) is 37.8 Å². The third-order valence-electron chi connectivity index (χ3n) is 4.01. The summed E-state index contributed by atoms with van der Waals surface area (Å²) in [7, 11) is 0. The molecule has 0 aliphatic carbocycles. The molecule has 0 atom stereocenters. The van der Waals surface area contributed by atoms with Gasteiger partial charge in [0.2, 0.25) is 5.13 Å². The highest BCUT2D eigenvalue weighted by Crippen LogP contribution is 2.31. The minimum atomic E-state index is -4.35. The number of anilines is 2. The molecule has 9 heteroatoms.